The average molecular weight is 332 g/mol. The summed E-state index contributed by atoms with van der Waals surface area (Å²) in [6, 6.07) is 8.36. The number of hydrogen-bond donors (Lipinski definition) is 1. The van der Waals surface area contributed by atoms with Crippen LogP contribution >= 0.6 is 11.8 Å². The van der Waals surface area contributed by atoms with Gasteiger partial charge in [0, 0.05) is 25.1 Å². The summed E-state index contributed by atoms with van der Waals surface area (Å²) in [6.45, 7) is 7.28. The van der Waals surface area contributed by atoms with E-state index in [4.69, 9.17) is 5.73 Å². The molecule has 0 radical (unpaired) electrons. The lowest BCUT2D eigenvalue weighted by atomic mass is 10.1. The SMILES string of the molecule is Cc1ccccc1CSc1nnc(CCC(N)=O)n1CC(C)C. The standard InChI is InChI=1S/C17H24N4OS/c1-12(2)10-21-16(9-8-15(18)22)19-20-17(21)23-11-14-7-5-4-6-13(14)3/h4-7,12H,8-11H2,1-3H3,(H2,18,22). The highest BCUT2D eigenvalue weighted by Gasteiger charge is 2.14. The molecule has 2 aromatic rings. The summed E-state index contributed by atoms with van der Waals surface area (Å²) < 4.78 is 2.12. The van der Waals surface area contributed by atoms with E-state index in [9.17, 15) is 4.79 Å². The number of benzene rings is 1. The molecule has 6 heteroatoms. The third-order valence-corrected chi connectivity index (χ3v) is 4.57. The van der Waals surface area contributed by atoms with Crippen LogP contribution in [0, 0.1) is 12.8 Å². The molecular formula is C17H24N4OS. The second-order valence-electron chi connectivity index (χ2n) is 6.08. The van der Waals surface area contributed by atoms with E-state index < -0.39 is 0 Å². The highest BCUT2D eigenvalue weighted by Crippen LogP contribution is 2.24. The highest BCUT2D eigenvalue weighted by molar-refractivity contribution is 7.98. The van der Waals surface area contributed by atoms with Gasteiger partial charge in [0.25, 0.3) is 0 Å². The summed E-state index contributed by atoms with van der Waals surface area (Å²) in [4.78, 5) is 11.0. The number of aryl methyl sites for hydroxylation is 2. The Balaban J connectivity index is 2.13. The second kappa shape index (κ2) is 8.15. The first kappa shape index (κ1) is 17.5. The van der Waals surface area contributed by atoms with Crippen molar-refractivity contribution in [1.29, 1.82) is 0 Å². The van der Waals surface area contributed by atoms with Crippen LogP contribution in [-0.4, -0.2) is 20.7 Å². The van der Waals surface area contributed by atoms with E-state index >= 15 is 0 Å². The molecule has 1 aromatic heterocycles. The third-order valence-electron chi connectivity index (χ3n) is 3.55. The lowest BCUT2D eigenvalue weighted by Crippen LogP contribution is -2.15. The molecule has 2 rings (SSSR count). The van der Waals surface area contributed by atoms with Crippen LogP contribution in [0.1, 0.15) is 37.2 Å². The van der Waals surface area contributed by atoms with Crippen LogP contribution in [-0.2, 0) is 23.5 Å². The van der Waals surface area contributed by atoms with E-state index in [2.05, 4.69) is 53.7 Å². The Morgan fingerprint density at radius 1 is 1.30 bits per heavy atom. The fourth-order valence-electron chi connectivity index (χ4n) is 2.31. The van der Waals surface area contributed by atoms with Gasteiger partial charge in [-0.2, -0.15) is 0 Å². The minimum absolute atomic E-state index is 0.304. The van der Waals surface area contributed by atoms with Crippen LogP contribution in [0.15, 0.2) is 29.4 Å². The molecule has 1 aromatic carbocycles. The first-order valence-electron chi connectivity index (χ1n) is 7.85. The van der Waals surface area contributed by atoms with Crippen molar-refractivity contribution in [2.45, 2.75) is 51.1 Å². The van der Waals surface area contributed by atoms with Crippen LogP contribution in [0.4, 0.5) is 0 Å². The number of amides is 1. The lowest BCUT2D eigenvalue weighted by Gasteiger charge is -2.12. The highest BCUT2D eigenvalue weighted by atomic mass is 32.2. The molecular weight excluding hydrogens is 308 g/mol. The maximum atomic E-state index is 11.0. The van der Waals surface area contributed by atoms with Gasteiger partial charge in [0.2, 0.25) is 5.91 Å². The molecule has 0 aliphatic rings. The largest absolute Gasteiger partial charge is 0.370 e. The van der Waals surface area contributed by atoms with Crippen molar-refractivity contribution in [2.75, 3.05) is 0 Å². The number of rotatable bonds is 8. The van der Waals surface area contributed by atoms with Crippen molar-refractivity contribution in [3.8, 4) is 0 Å². The minimum atomic E-state index is -0.307. The molecule has 0 spiro atoms. The van der Waals surface area contributed by atoms with Crippen molar-refractivity contribution in [3.05, 3.63) is 41.2 Å². The number of aromatic nitrogens is 3. The van der Waals surface area contributed by atoms with Crippen LogP contribution in [0.5, 0.6) is 0 Å². The normalized spacial score (nSPS) is 11.1. The first-order valence-corrected chi connectivity index (χ1v) is 8.83. The van der Waals surface area contributed by atoms with Crippen molar-refractivity contribution in [3.63, 3.8) is 0 Å². The summed E-state index contributed by atoms with van der Waals surface area (Å²) in [5.74, 6) is 1.87. The quantitative estimate of drug-likeness (QED) is 0.754. The zero-order chi connectivity index (χ0) is 16.8. The summed E-state index contributed by atoms with van der Waals surface area (Å²) >= 11 is 1.68. The zero-order valence-corrected chi connectivity index (χ0v) is 14.8. The Bertz CT molecular complexity index is 666. The molecule has 0 unspecified atom stereocenters. The third kappa shape index (κ3) is 5.10. The maximum Gasteiger partial charge on any atom is 0.217 e. The predicted octanol–water partition coefficient (Wildman–Crippen LogP) is 2.95. The van der Waals surface area contributed by atoms with E-state index in [0.29, 0.717) is 18.8 Å². The minimum Gasteiger partial charge on any atom is -0.370 e. The fourth-order valence-corrected chi connectivity index (χ4v) is 3.35. The summed E-state index contributed by atoms with van der Waals surface area (Å²) in [5.41, 5.74) is 7.83. The lowest BCUT2D eigenvalue weighted by molar-refractivity contribution is -0.118. The molecule has 0 bridgehead atoms. The number of carbonyl (C=O) groups excluding carboxylic acids is 1. The van der Waals surface area contributed by atoms with Crippen molar-refractivity contribution in [2.24, 2.45) is 11.7 Å². The number of nitrogens with two attached hydrogens (primary N) is 1. The molecule has 0 aliphatic carbocycles. The molecule has 23 heavy (non-hydrogen) atoms. The number of nitrogens with zero attached hydrogens (tertiary/aromatic N) is 3. The second-order valence-corrected chi connectivity index (χ2v) is 7.03. The van der Waals surface area contributed by atoms with Crippen molar-refractivity contribution >= 4 is 17.7 Å². The molecule has 124 valence electrons. The first-order chi connectivity index (χ1) is 11.0. The Morgan fingerprint density at radius 3 is 2.70 bits per heavy atom. The molecule has 2 N–H and O–H groups in total. The van der Waals surface area contributed by atoms with Crippen LogP contribution in [0.25, 0.3) is 0 Å². The average Bonchev–Trinajstić information content (AvgIpc) is 2.86. The monoisotopic (exact) mass is 332 g/mol. The summed E-state index contributed by atoms with van der Waals surface area (Å²) in [7, 11) is 0. The van der Waals surface area contributed by atoms with Gasteiger partial charge >= 0.3 is 0 Å². The van der Waals surface area contributed by atoms with Crippen molar-refractivity contribution < 1.29 is 4.79 Å². The molecule has 0 atom stereocenters. The van der Waals surface area contributed by atoms with E-state index in [0.717, 1.165) is 23.3 Å². The van der Waals surface area contributed by atoms with Gasteiger partial charge in [-0.15, -0.1) is 10.2 Å². The Kier molecular flexibility index (Phi) is 6.21. The number of thioether (sulfide) groups is 1. The number of primary amides is 1. The molecule has 0 saturated heterocycles. The summed E-state index contributed by atoms with van der Waals surface area (Å²) in [5, 5.41) is 9.48. The molecule has 5 nitrogen and oxygen atoms in total. The van der Waals surface area contributed by atoms with Gasteiger partial charge in [-0.25, -0.2) is 0 Å². The van der Waals surface area contributed by atoms with Gasteiger partial charge in [-0.3, -0.25) is 4.79 Å². The van der Waals surface area contributed by atoms with Gasteiger partial charge in [-0.05, 0) is 24.0 Å². The van der Waals surface area contributed by atoms with Gasteiger partial charge in [0.05, 0.1) is 0 Å². The van der Waals surface area contributed by atoms with E-state index in [1.165, 1.54) is 11.1 Å². The maximum absolute atomic E-state index is 11.0. The topological polar surface area (TPSA) is 73.8 Å². The molecule has 0 fully saturated rings. The van der Waals surface area contributed by atoms with Crippen LogP contribution in [0.2, 0.25) is 0 Å². The van der Waals surface area contributed by atoms with Crippen LogP contribution in [0.3, 0.4) is 0 Å². The smallest absolute Gasteiger partial charge is 0.217 e. The van der Waals surface area contributed by atoms with Crippen molar-refractivity contribution in [1.82, 2.24) is 14.8 Å². The van der Waals surface area contributed by atoms with Gasteiger partial charge in [0.1, 0.15) is 5.82 Å². The number of carbonyl (C=O) groups is 1. The molecule has 1 amide bonds. The molecule has 0 aliphatic heterocycles. The molecule has 1 heterocycles. The van der Waals surface area contributed by atoms with E-state index in [1.54, 1.807) is 11.8 Å². The van der Waals surface area contributed by atoms with E-state index in [-0.39, 0.29) is 5.91 Å². The zero-order valence-electron chi connectivity index (χ0n) is 14.0. The van der Waals surface area contributed by atoms with E-state index in [1.807, 2.05) is 6.07 Å². The van der Waals surface area contributed by atoms with Gasteiger partial charge < -0.3 is 10.3 Å². The Labute approximate surface area is 141 Å². The predicted molar refractivity (Wildman–Crippen MR) is 93.1 cm³/mol. The Morgan fingerprint density at radius 2 is 2.04 bits per heavy atom. The Hall–Kier alpha value is -1.82. The number of hydrogen-bond acceptors (Lipinski definition) is 4. The van der Waals surface area contributed by atoms with Gasteiger partial charge in [0.15, 0.2) is 5.16 Å². The molecule has 0 saturated carbocycles. The fraction of sp³-hybridized carbons (Fsp3) is 0.471. The van der Waals surface area contributed by atoms with Gasteiger partial charge in [-0.1, -0.05) is 49.9 Å². The van der Waals surface area contributed by atoms with Crippen LogP contribution < -0.4 is 5.73 Å². The summed E-state index contributed by atoms with van der Waals surface area (Å²) in [6.07, 6.45) is 0.846.